The van der Waals surface area contributed by atoms with Crippen molar-refractivity contribution in [3.8, 4) is 23.0 Å². The van der Waals surface area contributed by atoms with E-state index in [-0.39, 0.29) is 24.2 Å². The molecule has 1 N–H and O–H groups in total. The summed E-state index contributed by atoms with van der Waals surface area (Å²) in [5.74, 6) is 0.578. The van der Waals surface area contributed by atoms with Crippen LogP contribution in [0.1, 0.15) is 12.8 Å². The molecule has 0 aliphatic carbocycles. The number of hydrogen-bond donors (Lipinski definition) is 1. The summed E-state index contributed by atoms with van der Waals surface area (Å²) in [6.07, 6.45) is 1.67. The van der Waals surface area contributed by atoms with Crippen molar-refractivity contribution < 1.29 is 28.5 Å². The fourth-order valence-corrected chi connectivity index (χ4v) is 2.49. The van der Waals surface area contributed by atoms with Gasteiger partial charge in [0.1, 0.15) is 17.6 Å². The summed E-state index contributed by atoms with van der Waals surface area (Å²) < 4.78 is 21.9. The summed E-state index contributed by atoms with van der Waals surface area (Å²) >= 11 is 0. The monoisotopic (exact) mass is 370 g/mol. The molecule has 0 saturated carbocycles. The van der Waals surface area contributed by atoms with Gasteiger partial charge in [-0.05, 0) is 30.7 Å². The highest BCUT2D eigenvalue weighted by Crippen LogP contribution is 2.30. The van der Waals surface area contributed by atoms with E-state index in [1.807, 2.05) is 0 Å². The maximum absolute atomic E-state index is 12.6. The van der Waals surface area contributed by atoms with E-state index in [2.05, 4.69) is 0 Å². The quantitative estimate of drug-likeness (QED) is 0.602. The first-order valence-corrected chi connectivity index (χ1v) is 8.29. The number of para-hydroxylation sites is 2. The molecule has 2 aromatic carbocycles. The van der Waals surface area contributed by atoms with Crippen molar-refractivity contribution in [3.05, 3.63) is 59.0 Å². The average molecular weight is 370 g/mol. The number of carboxylic acid groups (broad SMARTS) is 1. The predicted octanol–water partition coefficient (Wildman–Crippen LogP) is 3.84. The summed E-state index contributed by atoms with van der Waals surface area (Å²) in [5, 5.41) is 8.97. The van der Waals surface area contributed by atoms with Crippen LogP contribution < -0.4 is 19.6 Å². The Morgan fingerprint density at radius 2 is 1.89 bits per heavy atom. The summed E-state index contributed by atoms with van der Waals surface area (Å²) in [5.41, 5.74) is 0.0303. The van der Waals surface area contributed by atoms with Crippen LogP contribution in [0.15, 0.2) is 57.9 Å². The maximum Gasteiger partial charge on any atom is 0.303 e. The Hall–Kier alpha value is -3.48. The third-order valence-corrected chi connectivity index (χ3v) is 3.81. The van der Waals surface area contributed by atoms with Gasteiger partial charge in [0.2, 0.25) is 11.2 Å². The highest BCUT2D eigenvalue weighted by atomic mass is 16.5. The van der Waals surface area contributed by atoms with Crippen LogP contribution in [0.2, 0.25) is 0 Å². The van der Waals surface area contributed by atoms with E-state index in [4.69, 9.17) is 23.7 Å². The first-order chi connectivity index (χ1) is 13.1. The number of ether oxygens (including phenoxy) is 3. The van der Waals surface area contributed by atoms with Crippen molar-refractivity contribution in [2.75, 3.05) is 13.7 Å². The van der Waals surface area contributed by atoms with Crippen LogP contribution in [0, 0.1) is 0 Å². The molecule has 140 valence electrons. The van der Waals surface area contributed by atoms with Crippen molar-refractivity contribution in [2.45, 2.75) is 12.8 Å². The molecule has 27 heavy (non-hydrogen) atoms. The molecule has 0 atom stereocenters. The zero-order chi connectivity index (χ0) is 19.2. The van der Waals surface area contributed by atoms with Gasteiger partial charge in [-0.25, -0.2) is 0 Å². The standard InChI is InChI=1S/C20H18O7/c1-24-15-5-2-3-6-16(15)27-18-12-26-17-11-13(8-9-14(17)20(18)23)25-10-4-7-19(21)22/h2-3,5-6,8-9,11-12H,4,7,10H2,1H3,(H,21,22). The lowest BCUT2D eigenvalue weighted by atomic mass is 10.2. The van der Waals surface area contributed by atoms with E-state index < -0.39 is 5.97 Å². The van der Waals surface area contributed by atoms with Gasteiger partial charge in [0, 0.05) is 12.5 Å². The Morgan fingerprint density at radius 1 is 1.11 bits per heavy atom. The number of rotatable bonds is 8. The number of fused-ring (bicyclic) bond motifs is 1. The Labute approximate surface area is 154 Å². The summed E-state index contributed by atoms with van der Waals surface area (Å²) in [6, 6.07) is 11.8. The number of hydrogen-bond acceptors (Lipinski definition) is 6. The number of carboxylic acids is 1. The molecule has 7 nitrogen and oxygen atoms in total. The van der Waals surface area contributed by atoms with Crippen molar-refractivity contribution in [2.24, 2.45) is 0 Å². The highest BCUT2D eigenvalue weighted by Gasteiger charge is 2.12. The normalized spacial score (nSPS) is 10.6. The van der Waals surface area contributed by atoms with Gasteiger partial charge >= 0.3 is 5.97 Å². The topological polar surface area (TPSA) is 95.2 Å². The zero-order valence-electron chi connectivity index (χ0n) is 14.6. The average Bonchev–Trinajstić information content (AvgIpc) is 2.67. The van der Waals surface area contributed by atoms with Gasteiger partial charge in [-0.15, -0.1) is 0 Å². The molecule has 0 radical (unpaired) electrons. The van der Waals surface area contributed by atoms with Gasteiger partial charge < -0.3 is 23.7 Å². The smallest absolute Gasteiger partial charge is 0.303 e. The van der Waals surface area contributed by atoms with Gasteiger partial charge in [-0.2, -0.15) is 0 Å². The van der Waals surface area contributed by atoms with Gasteiger partial charge in [0.15, 0.2) is 11.5 Å². The van der Waals surface area contributed by atoms with Crippen LogP contribution in [0.25, 0.3) is 11.0 Å². The third kappa shape index (κ3) is 4.38. The lowest BCUT2D eigenvalue weighted by Crippen LogP contribution is -2.06. The molecule has 1 aromatic heterocycles. The number of benzene rings is 2. The molecule has 0 saturated heterocycles. The lowest BCUT2D eigenvalue weighted by molar-refractivity contribution is -0.137. The highest BCUT2D eigenvalue weighted by molar-refractivity contribution is 5.79. The van der Waals surface area contributed by atoms with Gasteiger partial charge in [0.05, 0.1) is 19.1 Å². The number of aliphatic carboxylic acids is 1. The molecule has 3 aromatic rings. The van der Waals surface area contributed by atoms with E-state index in [1.165, 1.54) is 13.4 Å². The van der Waals surface area contributed by atoms with Crippen molar-refractivity contribution >= 4 is 16.9 Å². The summed E-state index contributed by atoms with van der Waals surface area (Å²) in [4.78, 5) is 23.1. The minimum absolute atomic E-state index is 0.0340. The van der Waals surface area contributed by atoms with Crippen LogP contribution in [-0.4, -0.2) is 24.8 Å². The van der Waals surface area contributed by atoms with Gasteiger partial charge in [-0.1, -0.05) is 12.1 Å². The molecule has 0 amide bonds. The zero-order valence-corrected chi connectivity index (χ0v) is 14.6. The molecular weight excluding hydrogens is 352 g/mol. The SMILES string of the molecule is COc1ccccc1Oc1coc2cc(OCCCC(=O)O)ccc2c1=O. The second-order valence-corrected chi connectivity index (χ2v) is 5.69. The minimum Gasteiger partial charge on any atom is -0.493 e. The molecule has 0 bridgehead atoms. The maximum atomic E-state index is 12.6. The third-order valence-electron chi connectivity index (χ3n) is 3.81. The first kappa shape index (κ1) is 18.3. The minimum atomic E-state index is -0.870. The molecule has 0 spiro atoms. The van der Waals surface area contributed by atoms with E-state index >= 15 is 0 Å². The fourth-order valence-electron chi connectivity index (χ4n) is 2.49. The molecule has 0 fully saturated rings. The van der Waals surface area contributed by atoms with Crippen LogP contribution in [0.5, 0.6) is 23.0 Å². The van der Waals surface area contributed by atoms with Crippen LogP contribution in [0.3, 0.4) is 0 Å². The number of carbonyl (C=O) groups is 1. The Kier molecular flexibility index (Phi) is 5.61. The van der Waals surface area contributed by atoms with Crippen molar-refractivity contribution in [1.82, 2.24) is 0 Å². The Balaban J connectivity index is 1.80. The van der Waals surface area contributed by atoms with Crippen molar-refractivity contribution in [1.29, 1.82) is 0 Å². The predicted molar refractivity (Wildman–Crippen MR) is 97.9 cm³/mol. The van der Waals surface area contributed by atoms with Crippen LogP contribution in [0.4, 0.5) is 0 Å². The van der Waals surface area contributed by atoms with Gasteiger partial charge in [0.25, 0.3) is 0 Å². The first-order valence-electron chi connectivity index (χ1n) is 8.29. The Morgan fingerprint density at radius 3 is 2.63 bits per heavy atom. The lowest BCUT2D eigenvalue weighted by Gasteiger charge is -2.10. The largest absolute Gasteiger partial charge is 0.493 e. The van der Waals surface area contributed by atoms with Gasteiger partial charge in [-0.3, -0.25) is 9.59 Å². The molecular formula is C20H18O7. The second kappa shape index (κ2) is 8.27. The molecule has 7 heteroatoms. The van der Waals surface area contributed by atoms with E-state index in [0.29, 0.717) is 34.6 Å². The van der Waals surface area contributed by atoms with Crippen molar-refractivity contribution in [3.63, 3.8) is 0 Å². The van der Waals surface area contributed by atoms with E-state index in [9.17, 15) is 9.59 Å². The molecule has 1 heterocycles. The number of methoxy groups -OCH3 is 1. The van der Waals surface area contributed by atoms with Crippen LogP contribution >= 0.6 is 0 Å². The van der Waals surface area contributed by atoms with E-state index in [1.54, 1.807) is 42.5 Å². The fraction of sp³-hybridized carbons (Fsp3) is 0.200. The van der Waals surface area contributed by atoms with E-state index in [0.717, 1.165) is 0 Å². The van der Waals surface area contributed by atoms with Crippen LogP contribution in [-0.2, 0) is 4.79 Å². The molecule has 0 aliphatic heterocycles. The summed E-state index contributed by atoms with van der Waals surface area (Å²) in [6.45, 7) is 0.261. The molecule has 0 aliphatic rings. The Bertz CT molecular complexity index is 1010. The summed E-state index contributed by atoms with van der Waals surface area (Å²) in [7, 11) is 1.52. The second-order valence-electron chi connectivity index (χ2n) is 5.69. The molecule has 0 unspecified atom stereocenters. The molecule has 3 rings (SSSR count).